The number of ether oxygens (including phenoxy) is 1. The largest absolute Gasteiger partial charge is 0.423 e. The maximum Gasteiger partial charge on any atom is 0.344 e. The molecule has 1 heterocycles. The second kappa shape index (κ2) is 10.2. The lowest BCUT2D eigenvalue weighted by Crippen LogP contribution is -2.27. The Morgan fingerprint density at radius 3 is 2.50 bits per heavy atom. The van der Waals surface area contributed by atoms with E-state index in [1.807, 2.05) is 6.07 Å². The Balaban J connectivity index is 1.48. The van der Waals surface area contributed by atoms with Crippen LogP contribution in [0.4, 0.5) is 10.5 Å². The van der Waals surface area contributed by atoms with E-state index in [-0.39, 0.29) is 17.1 Å². The van der Waals surface area contributed by atoms with E-state index >= 15 is 0 Å². The summed E-state index contributed by atoms with van der Waals surface area (Å²) in [7, 11) is 0. The normalized spacial score (nSPS) is 14.5. The summed E-state index contributed by atoms with van der Waals surface area (Å²) in [6.07, 6.45) is 1.56. The zero-order valence-electron chi connectivity index (χ0n) is 17.3. The minimum Gasteiger partial charge on any atom is -0.423 e. The molecule has 0 aromatic heterocycles. The second-order valence-electron chi connectivity index (χ2n) is 7.13. The van der Waals surface area contributed by atoms with Gasteiger partial charge in [-0.15, -0.1) is 0 Å². The highest BCUT2D eigenvalue weighted by atomic mass is 127. The van der Waals surface area contributed by atoms with Gasteiger partial charge in [0.1, 0.15) is 5.75 Å². The van der Waals surface area contributed by atoms with Crippen LogP contribution in [0.1, 0.15) is 21.5 Å². The van der Waals surface area contributed by atoms with Crippen LogP contribution in [0.5, 0.6) is 5.75 Å². The number of thioether (sulfide) groups is 1. The first kappa shape index (κ1) is 23.6. The molecule has 0 spiro atoms. The molecule has 34 heavy (non-hydrogen) atoms. The van der Waals surface area contributed by atoms with Crippen LogP contribution in [0.2, 0.25) is 0 Å². The van der Waals surface area contributed by atoms with Crippen molar-refractivity contribution in [3.63, 3.8) is 0 Å². The highest BCUT2D eigenvalue weighted by Crippen LogP contribution is 2.34. The summed E-state index contributed by atoms with van der Waals surface area (Å²) in [5.74, 6) is -0.649. The first-order valence-electron chi connectivity index (χ1n) is 9.87. The number of benzene rings is 3. The molecule has 0 saturated carbocycles. The van der Waals surface area contributed by atoms with Gasteiger partial charge in [-0.2, -0.15) is 0 Å². The molecular weight excluding hydrogens is 571 g/mol. The number of hydrogen-bond donors (Lipinski definition) is 0. The van der Waals surface area contributed by atoms with Crippen LogP contribution in [0.3, 0.4) is 0 Å². The average Bonchev–Trinajstić information content (AvgIpc) is 3.07. The standard InChI is InChI=1S/C24H15IN2O6S/c25-20-7-2-1-6-19(20)23(29)33-18-5-3-4-16(12-18)13-21-22(28)26(24(30)34-21)14-15-8-10-17(11-9-15)27(31)32/h1-13H,14H2/b21-13-. The molecule has 4 rings (SSSR count). The summed E-state index contributed by atoms with van der Waals surface area (Å²) < 4.78 is 6.24. The molecule has 0 atom stereocenters. The molecule has 2 amide bonds. The first-order valence-corrected chi connectivity index (χ1v) is 11.8. The van der Waals surface area contributed by atoms with E-state index in [0.717, 1.165) is 20.2 Å². The number of nitro benzene ring substituents is 1. The molecule has 1 saturated heterocycles. The van der Waals surface area contributed by atoms with Gasteiger partial charge in [0.15, 0.2) is 0 Å². The van der Waals surface area contributed by atoms with Crippen molar-refractivity contribution in [1.29, 1.82) is 0 Å². The molecule has 0 bridgehead atoms. The number of non-ortho nitro benzene ring substituents is 1. The zero-order valence-corrected chi connectivity index (χ0v) is 20.3. The van der Waals surface area contributed by atoms with E-state index < -0.39 is 22.0 Å². The van der Waals surface area contributed by atoms with Crippen LogP contribution < -0.4 is 4.74 Å². The van der Waals surface area contributed by atoms with Crippen molar-refractivity contribution in [3.05, 3.63) is 108 Å². The predicted molar refractivity (Wildman–Crippen MR) is 135 cm³/mol. The van der Waals surface area contributed by atoms with Gasteiger partial charge in [-0.25, -0.2) is 4.79 Å². The number of nitrogens with zero attached hydrogens (tertiary/aromatic N) is 2. The Kier molecular flexibility index (Phi) is 7.08. The molecule has 3 aromatic rings. The monoisotopic (exact) mass is 586 g/mol. The van der Waals surface area contributed by atoms with E-state index in [1.165, 1.54) is 24.3 Å². The first-order chi connectivity index (χ1) is 16.3. The van der Waals surface area contributed by atoms with Crippen molar-refractivity contribution >= 4 is 63.2 Å². The third kappa shape index (κ3) is 5.34. The molecule has 8 nitrogen and oxygen atoms in total. The van der Waals surface area contributed by atoms with E-state index in [2.05, 4.69) is 22.6 Å². The van der Waals surface area contributed by atoms with Crippen LogP contribution in [0.25, 0.3) is 6.08 Å². The number of hydrogen-bond acceptors (Lipinski definition) is 7. The van der Waals surface area contributed by atoms with Crippen LogP contribution in [0.15, 0.2) is 77.7 Å². The van der Waals surface area contributed by atoms with Crippen LogP contribution in [-0.4, -0.2) is 26.9 Å². The van der Waals surface area contributed by atoms with Gasteiger partial charge in [0.2, 0.25) is 0 Å². The highest BCUT2D eigenvalue weighted by molar-refractivity contribution is 14.1. The lowest BCUT2D eigenvalue weighted by atomic mass is 10.1. The number of esters is 1. The quantitative estimate of drug-likeness (QED) is 0.0917. The molecule has 0 aliphatic carbocycles. The smallest absolute Gasteiger partial charge is 0.344 e. The number of imide groups is 1. The Bertz CT molecular complexity index is 1340. The Morgan fingerprint density at radius 2 is 1.79 bits per heavy atom. The number of carbonyl (C=O) groups excluding carboxylic acids is 3. The van der Waals surface area contributed by atoms with E-state index in [0.29, 0.717) is 22.4 Å². The van der Waals surface area contributed by atoms with Crippen LogP contribution in [0, 0.1) is 13.7 Å². The summed E-state index contributed by atoms with van der Waals surface area (Å²) in [5.41, 5.74) is 1.56. The molecule has 1 fully saturated rings. The molecule has 3 aromatic carbocycles. The number of rotatable bonds is 6. The summed E-state index contributed by atoms with van der Waals surface area (Å²) >= 11 is 2.86. The van der Waals surface area contributed by atoms with Gasteiger partial charge in [0.05, 0.1) is 21.9 Å². The minimum absolute atomic E-state index is 0.00731. The van der Waals surface area contributed by atoms with Crippen molar-refractivity contribution in [2.75, 3.05) is 0 Å². The third-order valence-corrected chi connectivity index (χ3v) is 6.67. The molecule has 0 radical (unpaired) electrons. The molecule has 170 valence electrons. The lowest BCUT2D eigenvalue weighted by molar-refractivity contribution is -0.384. The van der Waals surface area contributed by atoms with Gasteiger partial charge in [-0.1, -0.05) is 36.4 Å². The average molecular weight is 586 g/mol. The summed E-state index contributed by atoms with van der Waals surface area (Å²) in [6, 6.07) is 19.4. The fourth-order valence-corrected chi connectivity index (χ4v) is 4.60. The van der Waals surface area contributed by atoms with E-state index in [9.17, 15) is 24.5 Å². The number of nitro groups is 1. The summed E-state index contributed by atoms with van der Waals surface area (Å²) in [4.78, 5) is 49.3. The van der Waals surface area contributed by atoms with Crippen molar-refractivity contribution < 1.29 is 24.0 Å². The molecule has 1 aliphatic rings. The molecular formula is C24H15IN2O6S. The number of carbonyl (C=O) groups is 3. The maximum absolute atomic E-state index is 12.8. The lowest BCUT2D eigenvalue weighted by Gasteiger charge is -2.12. The van der Waals surface area contributed by atoms with Crippen molar-refractivity contribution in [1.82, 2.24) is 4.90 Å². The van der Waals surface area contributed by atoms with Crippen molar-refractivity contribution in [3.8, 4) is 5.75 Å². The summed E-state index contributed by atoms with van der Waals surface area (Å²) in [5, 5.41) is 10.4. The highest BCUT2D eigenvalue weighted by Gasteiger charge is 2.35. The fraction of sp³-hybridized carbons (Fsp3) is 0.0417. The molecule has 0 N–H and O–H groups in total. The second-order valence-corrected chi connectivity index (χ2v) is 9.29. The van der Waals surface area contributed by atoms with Crippen molar-refractivity contribution in [2.24, 2.45) is 0 Å². The zero-order chi connectivity index (χ0) is 24.2. The van der Waals surface area contributed by atoms with Crippen molar-refractivity contribution in [2.45, 2.75) is 6.54 Å². The predicted octanol–water partition coefficient (Wildman–Crippen LogP) is 5.66. The minimum atomic E-state index is -0.515. The van der Waals surface area contributed by atoms with Gasteiger partial charge in [-0.3, -0.25) is 24.6 Å². The van der Waals surface area contributed by atoms with Gasteiger partial charge < -0.3 is 4.74 Å². The number of amides is 2. The Labute approximate surface area is 211 Å². The van der Waals surface area contributed by atoms with Gasteiger partial charge >= 0.3 is 5.97 Å². The molecule has 10 heteroatoms. The maximum atomic E-state index is 12.8. The number of halogens is 1. The topological polar surface area (TPSA) is 107 Å². The Morgan fingerprint density at radius 1 is 1.06 bits per heavy atom. The third-order valence-electron chi connectivity index (χ3n) is 4.82. The van der Waals surface area contributed by atoms with E-state index in [1.54, 1.807) is 48.5 Å². The van der Waals surface area contributed by atoms with E-state index in [4.69, 9.17) is 4.74 Å². The Hall–Kier alpha value is -3.51. The van der Waals surface area contributed by atoms with Crippen LogP contribution >= 0.6 is 34.4 Å². The van der Waals surface area contributed by atoms with Gasteiger partial charge in [0.25, 0.3) is 16.8 Å². The van der Waals surface area contributed by atoms with Gasteiger partial charge in [-0.05, 0) is 75.8 Å². The molecule has 0 unspecified atom stereocenters. The SMILES string of the molecule is O=C(Oc1cccc(/C=C2\SC(=O)N(Cc3ccc([N+](=O)[O-])cc3)C2=O)c1)c1ccccc1I. The van der Waals surface area contributed by atoms with Crippen LogP contribution in [-0.2, 0) is 11.3 Å². The fourth-order valence-electron chi connectivity index (χ4n) is 3.15. The van der Waals surface area contributed by atoms with Gasteiger partial charge in [0, 0.05) is 15.7 Å². The summed E-state index contributed by atoms with van der Waals surface area (Å²) in [6.45, 7) is 0.00731. The molecule has 1 aliphatic heterocycles.